The molecular formula is C16H10N4O3. The Bertz CT molecular complexity index is 1100. The quantitative estimate of drug-likeness (QED) is 0.462. The molecular weight excluding hydrogens is 296 g/mol. The van der Waals surface area contributed by atoms with E-state index in [2.05, 4.69) is 15.6 Å². The number of carbonyl (C=O) groups is 1. The van der Waals surface area contributed by atoms with Gasteiger partial charge in [0.25, 0.3) is 0 Å². The number of hydrogen-bond acceptors (Lipinski definition) is 5. The molecule has 0 saturated heterocycles. The summed E-state index contributed by atoms with van der Waals surface area (Å²) >= 11 is 0. The maximum atomic E-state index is 12.3. The second kappa shape index (κ2) is 5.06. The zero-order valence-corrected chi connectivity index (χ0v) is 11.8. The molecule has 2 aromatic carbocycles. The minimum Gasteiger partial charge on any atom is -0.421 e. The summed E-state index contributed by atoms with van der Waals surface area (Å²) in [5, 5.41) is 11.3. The molecule has 4 aromatic rings. The van der Waals surface area contributed by atoms with Crippen molar-refractivity contribution in [2.75, 3.05) is 5.32 Å². The van der Waals surface area contributed by atoms with Gasteiger partial charge in [-0.25, -0.2) is 9.48 Å². The van der Waals surface area contributed by atoms with Crippen molar-refractivity contribution in [3.8, 4) is 5.69 Å². The molecule has 112 valence electrons. The van der Waals surface area contributed by atoms with Gasteiger partial charge in [-0.1, -0.05) is 17.3 Å². The van der Waals surface area contributed by atoms with E-state index in [9.17, 15) is 9.59 Å². The number of fused-ring (bicyclic) bond motifs is 2. The zero-order valence-electron chi connectivity index (χ0n) is 11.8. The predicted octanol–water partition coefficient (Wildman–Crippen LogP) is 2.10. The van der Waals surface area contributed by atoms with Gasteiger partial charge >= 0.3 is 5.63 Å². The van der Waals surface area contributed by atoms with Gasteiger partial charge in [0.2, 0.25) is 6.41 Å². The molecule has 4 rings (SSSR count). The lowest BCUT2D eigenvalue weighted by atomic mass is 10.2. The summed E-state index contributed by atoms with van der Waals surface area (Å²) in [5.74, 6) is 0. The molecule has 0 unspecified atom stereocenters. The fourth-order valence-corrected chi connectivity index (χ4v) is 2.45. The Kier molecular flexibility index (Phi) is 2.90. The second-order valence-electron chi connectivity index (χ2n) is 4.92. The summed E-state index contributed by atoms with van der Waals surface area (Å²) in [7, 11) is 0. The number of para-hydroxylation sites is 1. The first-order valence-corrected chi connectivity index (χ1v) is 6.85. The number of benzene rings is 2. The van der Waals surface area contributed by atoms with Crippen LogP contribution < -0.4 is 10.9 Å². The third-order valence-corrected chi connectivity index (χ3v) is 3.52. The molecule has 0 spiro atoms. The summed E-state index contributed by atoms with van der Waals surface area (Å²) in [6.07, 6.45) is 0.565. The molecule has 0 aliphatic rings. The summed E-state index contributed by atoms with van der Waals surface area (Å²) < 4.78 is 6.81. The van der Waals surface area contributed by atoms with E-state index in [1.54, 1.807) is 24.3 Å². The SMILES string of the molecule is O=CNc1ccc2cc(-n3nnc4ccccc43)c(=O)oc2c1. The van der Waals surface area contributed by atoms with Crippen LogP contribution in [0.4, 0.5) is 5.69 Å². The molecule has 0 radical (unpaired) electrons. The van der Waals surface area contributed by atoms with Crippen LogP contribution >= 0.6 is 0 Å². The Labute approximate surface area is 129 Å². The lowest BCUT2D eigenvalue weighted by Crippen LogP contribution is -2.11. The van der Waals surface area contributed by atoms with Crippen LogP contribution in [0.25, 0.3) is 27.7 Å². The van der Waals surface area contributed by atoms with Crippen LogP contribution in [0, 0.1) is 0 Å². The zero-order chi connectivity index (χ0) is 15.8. The minimum absolute atomic E-state index is 0.280. The highest BCUT2D eigenvalue weighted by Crippen LogP contribution is 2.21. The van der Waals surface area contributed by atoms with Crippen LogP contribution in [0.1, 0.15) is 0 Å². The van der Waals surface area contributed by atoms with Gasteiger partial charge in [-0.3, -0.25) is 4.79 Å². The second-order valence-corrected chi connectivity index (χ2v) is 4.92. The van der Waals surface area contributed by atoms with E-state index in [4.69, 9.17) is 4.42 Å². The molecule has 2 heterocycles. The largest absolute Gasteiger partial charge is 0.421 e. The summed E-state index contributed by atoms with van der Waals surface area (Å²) in [6, 6.07) is 14.1. The highest BCUT2D eigenvalue weighted by atomic mass is 16.4. The first-order chi connectivity index (χ1) is 11.3. The fraction of sp³-hybridized carbons (Fsp3) is 0. The van der Waals surface area contributed by atoms with Gasteiger partial charge in [-0.15, -0.1) is 5.10 Å². The van der Waals surface area contributed by atoms with E-state index in [1.165, 1.54) is 4.68 Å². The lowest BCUT2D eigenvalue weighted by Gasteiger charge is -2.04. The Balaban J connectivity index is 1.94. The van der Waals surface area contributed by atoms with E-state index < -0.39 is 5.63 Å². The van der Waals surface area contributed by atoms with Crippen molar-refractivity contribution >= 4 is 34.1 Å². The van der Waals surface area contributed by atoms with Gasteiger partial charge in [0.15, 0.2) is 5.69 Å². The van der Waals surface area contributed by atoms with E-state index in [0.717, 1.165) is 10.9 Å². The minimum atomic E-state index is -0.531. The molecule has 0 bridgehead atoms. The van der Waals surface area contributed by atoms with Crippen molar-refractivity contribution in [1.82, 2.24) is 15.0 Å². The van der Waals surface area contributed by atoms with Gasteiger partial charge in [0.05, 0.1) is 5.52 Å². The standard InChI is InChI=1S/C16H10N4O3/c21-9-17-11-6-5-10-7-14(16(22)23-15(10)8-11)20-13-4-2-1-3-12(13)18-19-20/h1-9H,(H,17,21). The van der Waals surface area contributed by atoms with E-state index in [1.807, 2.05) is 24.3 Å². The van der Waals surface area contributed by atoms with E-state index in [-0.39, 0.29) is 5.69 Å². The van der Waals surface area contributed by atoms with Crippen molar-refractivity contribution in [3.05, 3.63) is 59.0 Å². The van der Waals surface area contributed by atoms with Crippen molar-refractivity contribution < 1.29 is 9.21 Å². The topological polar surface area (TPSA) is 90.0 Å². The summed E-state index contributed by atoms with van der Waals surface area (Å²) in [6.45, 7) is 0. The Hall–Kier alpha value is -3.48. The number of anilines is 1. The van der Waals surface area contributed by atoms with E-state index >= 15 is 0 Å². The number of rotatable bonds is 3. The Morgan fingerprint density at radius 3 is 2.87 bits per heavy atom. The van der Waals surface area contributed by atoms with Gasteiger partial charge in [-0.2, -0.15) is 0 Å². The molecule has 1 N–H and O–H groups in total. The van der Waals surface area contributed by atoms with Gasteiger partial charge in [-0.05, 0) is 30.3 Å². The highest BCUT2D eigenvalue weighted by molar-refractivity contribution is 5.85. The average molecular weight is 306 g/mol. The summed E-state index contributed by atoms with van der Waals surface area (Å²) in [5.41, 5.74) is 2.10. The van der Waals surface area contributed by atoms with Gasteiger partial charge < -0.3 is 9.73 Å². The van der Waals surface area contributed by atoms with Crippen LogP contribution in [0.2, 0.25) is 0 Å². The smallest absolute Gasteiger partial charge is 0.362 e. The molecule has 0 fully saturated rings. The number of hydrogen-bond donors (Lipinski definition) is 1. The lowest BCUT2D eigenvalue weighted by molar-refractivity contribution is -0.105. The number of amides is 1. The van der Waals surface area contributed by atoms with Crippen LogP contribution in [0.3, 0.4) is 0 Å². The number of aromatic nitrogens is 3. The molecule has 7 nitrogen and oxygen atoms in total. The van der Waals surface area contributed by atoms with Gasteiger partial charge in [0.1, 0.15) is 11.1 Å². The predicted molar refractivity (Wildman–Crippen MR) is 84.6 cm³/mol. The molecule has 0 saturated carbocycles. The van der Waals surface area contributed by atoms with Crippen LogP contribution in [-0.4, -0.2) is 21.4 Å². The number of carbonyl (C=O) groups excluding carboxylic acids is 1. The normalized spacial score (nSPS) is 11.0. The molecule has 0 atom stereocenters. The molecule has 7 heteroatoms. The van der Waals surface area contributed by atoms with Crippen LogP contribution in [0.15, 0.2) is 57.7 Å². The highest BCUT2D eigenvalue weighted by Gasteiger charge is 2.12. The van der Waals surface area contributed by atoms with E-state index in [0.29, 0.717) is 23.2 Å². The van der Waals surface area contributed by atoms with Crippen molar-refractivity contribution in [2.24, 2.45) is 0 Å². The third-order valence-electron chi connectivity index (χ3n) is 3.52. The van der Waals surface area contributed by atoms with Gasteiger partial charge in [0, 0.05) is 17.1 Å². The van der Waals surface area contributed by atoms with Crippen LogP contribution in [-0.2, 0) is 4.79 Å². The molecule has 2 aromatic heterocycles. The summed E-state index contributed by atoms with van der Waals surface area (Å²) in [4.78, 5) is 22.8. The third kappa shape index (κ3) is 2.15. The monoisotopic (exact) mass is 306 g/mol. The molecule has 23 heavy (non-hydrogen) atoms. The maximum absolute atomic E-state index is 12.3. The molecule has 0 aliphatic heterocycles. The number of nitrogens with zero attached hydrogens (tertiary/aromatic N) is 3. The van der Waals surface area contributed by atoms with Crippen molar-refractivity contribution in [1.29, 1.82) is 0 Å². The number of nitrogens with one attached hydrogen (secondary N) is 1. The van der Waals surface area contributed by atoms with Crippen molar-refractivity contribution in [3.63, 3.8) is 0 Å². The van der Waals surface area contributed by atoms with Crippen molar-refractivity contribution in [2.45, 2.75) is 0 Å². The average Bonchev–Trinajstić information content (AvgIpc) is 2.98. The Morgan fingerprint density at radius 1 is 1.13 bits per heavy atom. The Morgan fingerprint density at radius 2 is 2.00 bits per heavy atom. The van der Waals surface area contributed by atoms with Crippen LogP contribution in [0.5, 0.6) is 0 Å². The molecule has 0 aliphatic carbocycles. The first kappa shape index (κ1) is 13.2. The fourth-order valence-electron chi connectivity index (χ4n) is 2.45. The molecule has 1 amide bonds. The maximum Gasteiger partial charge on any atom is 0.362 e. The first-order valence-electron chi connectivity index (χ1n) is 6.85.